The molecule has 1 atom stereocenters. The SMILES string of the molecule is CN(CCCCCO)C(=O)C1CCSC1. The molecule has 15 heavy (non-hydrogen) atoms. The first kappa shape index (κ1) is 12.8. The number of hydrogen-bond donors (Lipinski definition) is 1. The molecule has 88 valence electrons. The molecule has 0 aromatic carbocycles. The molecule has 0 aromatic rings. The quantitative estimate of drug-likeness (QED) is 0.702. The summed E-state index contributed by atoms with van der Waals surface area (Å²) >= 11 is 1.88. The van der Waals surface area contributed by atoms with Crippen LogP contribution in [0, 0.1) is 5.92 Å². The van der Waals surface area contributed by atoms with Gasteiger partial charge in [0, 0.05) is 31.9 Å². The van der Waals surface area contributed by atoms with Gasteiger partial charge in [-0.15, -0.1) is 0 Å². The molecule has 1 amide bonds. The molecule has 0 radical (unpaired) electrons. The van der Waals surface area contributed by atoms with Crippen molar-refractivity contribution in [2.45, 2.75) is 25.7 Å². The van der Waals surface area contributed by atoms with Crippen molar-refractivity contribution < 1.29 is 9.90 Å². The van der Waals surface area contributed by atoms with E-state index in [0.29, 0.717) is 5.91 Å². The first-order chi connectivity index (χ1) is 7.25. The monoisotopic (exact) mass is 231 g/mol. The minimum atomic E-state index is 0.261. The predicted octanol–water partition coefficient (Wildman–Crippen LogP) is 1.36. The Morgan fingerprint density at radius 1 is 1.47 bits per heavy atom. The van der Waals surface area contributed by atoms with Crippen LogP contribution in [0.5, 0.6) is 0 Å². The molecule has 1 saturated heterocycles. The summed E-state index contributed by atoms with van der Waals surface area (Å²) in [6.45, 7) is 1.09. The zero-order valence-corrected chi connectivity index (χ0v) is 10.3. The second-order valence-corrected chi connectivity index (χ2v) is 5.25. The lowest BCUT2D eigenvalue weighted by molar-refractivity contribution is -0.133. The van der Waals surface area contributed by atoms with Crippen molar-refractivity contribution in [3.05, 3.63) is 0 Å². The molecule has 0 spiro atoms. The molecule has 4 heteroatoms. The van der Waals surface area contributed by atoms with Crippen molar-refractivity contribution in [2.75, 3.05) is 31.7 Å². The lowest BCUT2D eigenvalue weighted by atomic mass is 10.1. The van der Waals surface area contributed by atoms with Crippen LogP contribution < -0.4 is 0 Å². The van der Waals surface area contributed by atoms with E-state index in [-0.39, 0.29) is 12.5 Å². The van der Waals surface area contributed by atoms with Crippen LogP contribution in [0.25, 0.3) is 0 Å². The van der Waals surface area contributed by atoms with Crippen LogP contribution in [0.1, 0.15) is 25.7 Å². The summed E-state index contributed by atoms with van der Waals surface area (Å²) in [5.41, 5.74) is 0. The highest BCUT2D eigenvalue weighted by molar-refractivity contribution is 7.99. The van der Waals surface area contributed by atoms with E-state index in [1.165, 1.54) is 0 Å². The third-order valence-electron chi connectivity index (χ3n) is 2.81. The lowest BCUT2D eigenvalue weighted by Gasteiger charge is -2.20. The minimum absolute atomic E-state index is 0.261. The molecule has 1 rings (SSSR count). The van der Waals surface area contributed by atoms with Gasteiger partial charge in [-0.3, -0.25) is 4.79 Å². The summed E-state index contributed by atoms with van der Waals surface area (Å²) in [4.78, 5) is 13.7. The molecule has 1 N–H and O–H groups in total. The van der Waals surface area contributed by atoms with Crippen molar-refractivity contribution in [3.63, 3.8) is 0 Å². The Morgan fingerprint density at radius 2 is 2.27 bits per heavy atom. The summed E-state index contributed by atoms with van der Waals surface area (Å²) in [6, 6.07) is 0. The van der Waals surface area contributed by atoms with Crippen LogP contribution in [0.15, 0.2) is 0 Å². The number of unbranched alkanes of at least 4 members (excludes halogenated alkanes) is 2. The number of aliphatic hydroxyl groups excluding tert-OH is 1. The number of carbonyl (C=O) groups is 1. The van der Waals surface area contributed by atoms with E-state index in [1.807, 2.05) is 23.7 Å². The number of rotatable bonds is 6. The van der Waals surface area contributed by atoms with Crippen LogP contribution in [-0.2, 0) is 4.79 Å². The maximum Gasteiger partial charge on any atom is 0.226 e. The lowest BCUT2D eigenvalue weighted by Crippen LogP contribution is -2.33. The average Bonchev–Trinajstić information content (AvgIpc) is 2.76. The zero-order chi connectivity index (χ0) is 11.1. The van der Waals surface area contributed by atoms with E-state index in [1.54, 1.807) is 0 Å². The first-order valence-electron chi connectivity index (χ1n) is 5.69. The van der Waals surface area contributed by atoms with Gasteiger partial charge in [0.2, 0.25) is 5.91 Å². The Bertz CT molecular complexity index is 193. The Balaban J connectivity index is 2.14. The molecule has 3 nitrogen and oxygen atoms in total. The molecular weight excluding hydrogens is 210 g/mol. The van der Waals surface area contributed by atoms with Crippen LogP contribution >= 0.6 is 11.8 Å². The smallest absolute Gasteiger partial charge is 0.226 e. The van der Waals surface area contributed by atoms with Crippen LogP contribution in [0.4, 0.5) is 0 Å². The maximum atomic E-state index is 11.9. The van der Waals surface area contributed by atoms with Crippen LogP contribution in [0.3, 0.4) is 0 Å². The molecule has 0 aromatic heterocycles. The molecule has 1 unspecified atom stereocenters. The second kappa shape index (κ2) is 7.12. The fourth-order valence-electron chi connectivity index (χ4n) is 1.79. The third kappa shape index (κ3) is 4.43. The van der Waals surface area contributed by atoms with E-state index >= 15 is 0 Å². The molecule has 1 fully saturated rings. The van der Waals surface area contributed by atoms with Crippen LogP contribution in [0.2, 0.25) is 0 Å². The van der Waals surface area contributed by atoms with Gasteiger partial charge < -0.3 is 10.0 Å². The minimum Gasteiger partial charge on any atom is -0.396 e. The molecular formula is C11H21NO2S. The average molecular weight is 231 g/mol. The summed E-state index contributed by atoms with van der Waals surface area (Å²) in [7, 11) is 1.89. The summed E-state index contributed by atoms with van der Waals surface area (Å²) < 4.78 is 0. The summed E-state index contributed by atoms with van der Waals surface area (Å²) in [5, 5.41) is 8.63. The number of aliphatic hydroxyl groups is 1. The van der Waals surface area contributed by atoms with Gasteiger partial charge >= 0.3 is 0 Å². The highest BCUT2D eigenvalue weighted by Gasteiger charge is 2.25. The number of carbonyl (C=O) groups excluding carboxylic acids is 1. The second-order valence-electron chi connectivity index (χ2n) is 4.10. The third-order valence-corrected chi connectivity index (χ3v) is 3.97. The van der Waals surface area contributed by atoms with Gasteiger partial charge in [0.25, 0.3) is 0 Å². The van der Waals surface area contributed by atoms with Crippen molar-refractivity contribution >= 4 is 17.7 Å². The largest absolute Gasteiger partial charge is 0.396 e. The van der Waals surface area contributed by atoms with Gasteiger partial charge in [0.15, 0.2) is 0 Å². The molecule has 1 aliphatic rings. The van der Waals surface area contributed by atoms with Gasteiger partial charge in [0.05, 0.1) is 0 Å². The normalized spacial score (nSPS) is 20.5. The number of thioether (sulfide) groups is 1. The van der Waals surface area contributed by atoms with Crippen molar-refractivity contribution in [2.24, 2.45) is 5.92 Å². The fourth-order valence-corrected chi connectivity index (χ4v) is 3.00. The van der Waals surface area contributed by atoms with E-state index in [0.717, 1.165) is 43.7 Å². The van der Waals surface area contributed by atoms with E-state index in [9.17, 15) is 4.79 Å². The number of nitrogens with zero attached hydrogens (tertiary/aromatic N) is 1. The zero-order valence-electron chi connectivity index (χ0n) is 9.45. The number of hydrogen-bond acceptors (Lipinski definition) is 3. The number of amides is 1. The topological polar surface area (TPSA) is 40.5 Å². The van der Waals surface area contributed by atoms with E-state index < -0.39 is 0 Å². The van der Waals surface area contributed by atoms with Crippen LogP contribution in [-0.4, -0.2) is 47.6 Å². The predicted molar refractivity (Wildman–Crippen MR) is 64.0 cm³/mol. The van der Waals surface area contributed by atoms with Crippen molar-refractivity contribution in [3.8, 4) is 0 Å². The highest BCUT2D eigenvalue weighted by atomic mass is 32.2. The van der Waals surface area contributed by atoms with Gasteiger partial charge in [-0.05, 0) is 31.4 Å². The van der Waals surface area contributed by atoms with Gasteiger partial charge in [0.1, 0.15) is 0 Å². The van der Waals surface area contributed by atoms with E-state index in [2.05, 4.69) is 0 Å². The van der Waals surface area contributed by atoms with Gasteiger partial charge in [-0.25, -0.2) is 0 Å². The Kier molecular flexibility index (Phi) is 6.10. The maximum absolute atomic E-state index is 11.9. The van der Waals surface area contributed by atoms with Crippen molar-refractivity contribution in [1.82, 2.24) is 4.90 Å². The Morgan fingerprint density at radius 3 is 2.87 bits per heavy atom. The Hall–Kier alpha value is -0.220. The summed E-state index contributed by atoms with van der Waals surface area (Å²) in [5.74, 6) is 2.70. The molecule has 0 bridgehead atoms. The highest BCUT2D eigenvalue weighted by Crippen LogP contribution is 2.24. The molecule has 0 aliphatic carbocycles. The van der Waals surface area contributed by atoms with Gasteiger partial charge in [-0.1, -0.05) is 0 Å². The summed E-state index contributed by atoms with van der Waals surface area (Å²) in [6.07, 6.45) is 3.90. The van der Waals surface area contributed by atoms with Gasteiger partial charge in [-0.2, -0.15) is 11.8 Å². The first-order valence-corrected chi connectivity index (χ1v) is 6.84. The molecule has 0 saturated carbocycles. The Labute approximate surface area is 96.2 Å². The molecule has 1 aliphatic heterocycles. The van der Waals surface area contributed by atoms with E-state index in [4.69, 9.17) is 5.11 Å². The standard InChI is InChI=1S/C11H21NO2S/c1-12(6-3-2-4-7-13)11(14)10-5-8-15-9-10/h10,13H,2-9H2,1H3. The van der Waals surface area contributed by atoms with Crippen molar-refractivity contribution in [1.29, 1.82) is 0 Å². The fraction of sp³-hybridized carbons (Fsp3) is 0.909. The molecule has 1 heterocycles.